The summed E-state index contributed by atoms with van der Waals surface area (Å²) in [5.41, 5.74) is -0.494. The lowest BCUT2D eigenvalue weighted by Gasteiger charge is -2.16. The van der Waals surface area contributed by atoms with Crippen LogP contribution in [0.25, 0.3) is 0 Å². The van der Waals surface area contributed by atoms with Crippen LogP contribution in [0.15, 0.2) is 4.79 Å². The van der Waals surface area contributed by atoms with E-state index in [4.69, 9.17) is 0 Å². The molecule has 0 saturated heterocycles. The van der Waals surface area contributed by atoms with E-state index in [1.165, 1.54) is 0 Å². The summed E-state index contributed by atoms with van der Waals surface area (Å²) < 4.78 is 0. The van der Waals surface area contributed by atoms with Gasteiger partial charge in [0.15, 0.2) is 0 Å². The molecule has 0 bridgehead atoms. The molecule has 1 aromatic heterocycles. The van der Waals surface area contributed by atoms with Gasteiger partial charge in [0.1, 0.15) is 11.6 Å². The number of H-pyrrole nitrogens is 1. The Bertz CT molecular complexity index is 374. The second-order valence-corrected chi connectivity index (χ2v) is 4.77. The highest BCUT2D eigenvalue weighted by Crippen LogP contribution is 2.17. The predicted molar refractivity (Wildman–Crippen MR) is 55.4 cm³/mol. The maximum Gasteiger partial charge on any atom is 0.348 e. The Morgan fingerprint density at radius 2 is 1.79 bits per heavy atom. The number of hydrogen-bond donors (Lipinski definition) is 1. The Balaban J connectivity index is 3.28. The van der Waals surface area contributed by atoms with E-state index in [1.54, 1.807) is 0 Å². The van der Waals surface area contributed by atoms with Crippen LogP contribution in [-0.2, 0) is 5.41 Å². The fourth-order valence-corrected chi connectivity index (χ4v) is 1.01. The van der Waals surface area contributed by atoms with Gasteiger partial charge in [0.25, 0.3) is 0 Å². The van der Waals surface area contributed by atoms with Gasteiger partial charge in [0.05, 0.1) is 0 Å². The quantitative estimate of drug-likeness (QED) is 0.740. The number of hydrogen-bond acceptors (Lipinski definition) is 3. The minimum absolute atomic E-state index is 0.183. The first-order valence-corrected chi connectivity index (χ1v) is 4.79. The van der Waals surface area contributed by atoms with Crippen molar-refractivity contribution >= 4 is 0 Å². The zero-order valence-electron chi connectivity index (χ0n) is 9.38. The molecule has 1 aromatic rings. The molecule has 0 aliphatic rings. The van der Waals surface area contributed by atoms with Gasteiger partial charge in [-0.25, -0.2) is 9.78 Å². The largest absolute Gasteiger partial charge is 0.348 e. The fourth-order valence-electron chi connectivity index (χ4n) is 1.01. The number of aromatic amines is 1. The molecule has 0 saturated carbocycles. The first-order chi connectivity index (χ1) is 6.30. The fraction of sp³-hybridized carbons (Fsp3) is 0.700. The summed E-state index contributed by atoms with van der Waals surface area (Å²) in [5.74, 6) is 1.52. The Labute approximate surface area is 83.8 Å². The van der Waals surface area contributed by atoms with Crippen LogP contribution >= 0.6 is 0 Å². The van der Waals surface area contributed by atoms with Crippen molar-refractivity contribution in [2.24, 2.45) is 0 Å². The molecule has 0 unspecified atom stereocenters. The molecule has 1 heterocycles. The predicted octanol–water partition coefficient (Wildman–Crippen LogP) is 1.59. The lowest BCUT2D eigenvalue weighted by molar-refractivity contribution is 0.527. The van der Waals surface area contributed by atoms with Gasteiger partial charge in [0, 0.05) is 11.3 Å². The van der Waals surface area contributed by atoms with Crippen molar-refractivity contribution < 1.29 is 0 Å². The highest BCUT2D eigenvalue weighted by Gasteiger charge is 2.19. The van der Waals surface area contributed by atoms with E-state index in [-0.39, 0.29) is 17.0 Å². The summed E-state index contributed by atoms with van der Waals surface area (Å²) in [5, 5.41) is 0. The smallest absolute Gasteiger partial charge is 0.294 e. The number of aromatic nitrogens is 3. The maximum absolute atomic E-state index is 11.3. The monoisotopic (exact) mass is 195 g/mol. The van der Waals surface area contributed by atoms with Gasteiger partial charge in [-0.2, -0.15) is 4.98 Å². The second-order valence-electron chi connectivity index (χ2n) is 4.77. The molecule has 0 amide bonds. The van der Waals surface area contributed by atoms with E-state index in [9.17, 15) is 4.79 Å². The standard InChI is InChI=1S/C10H17N3O/c1-6(2)7-11-8(10(3,4)5)13-9(14)12-7/h6H,1-5H3,(H,11,12,13,14). The SMILES string of the molecule is CC(C)c1nc(C(C)(C)C)nc(=O)[nH]1. The summed E-state index contributed by atoms with van der Waals surface area (Å²) in [6.07, 6.45) is 0. The van der Waals surface area contributed by atoms with Crippen LogP contribution in [0.4, 0.5) is 0 Å². The lowest BCUT2D eigenvalue weighted by atomic mass is 9.96. The van der Waals surface area contributed by atoms with Crippen molar-refractivity contribution in [2.75, 3.05) is 0 Å². The molecular formula is C10H17N3O. The average Bonchev–Trinajstić information content (AvgIpc) is 2.01. The van der Waals surface area contributed by atoms with E-state index >= 15 is 0 Å². The van der Waals surface area contributed by atoms with Crippen molar-refractivity contribution in [3.05, 3.63) is 22.1 Å². The van der Waals surface area contributed by atoms with Gasteiger partial charge in [0.2, 0.25) is 0 Å². The van der Waals surface area contributed by atoms with Crippen LogP contribution in [0, 0.1) is 0 Å². The van der Waals surface area contributed by atoms with E-state index in [2.05, 4.69) is 15.0 Å². The molecule has 4 heteroatoms. The van der Waals surface area contributed by atoms with Gasteiger partial charge < -0.3 is 0 Å². The van der Waals surface area contributed by atoms with Gasteiger partial charge in [-0.1, -0.05) is 34.6 Å². The highest BCUT2D eigenvalue weighted by molar-refractivity contribution is 5.03. The molecule has 1 N–H and O–H groups in total. The summed E-state index contributed by atoms with van der Waals surface area (Å²) in [7, 11) is 0. The van der Waals surface area contributed by atoms with Crippen LogP contribution in [0.5, 0.6) is 0 Å². The summed E-state index contributed by atoms with van der Waals surface area (Å²) >= 11 is 0. The maximum atomic E-state index is 11.3. The molecule has 0 aliphatic heterocycles. The third kappa shape index (κ3) is 2.40. The molecule has 0 radical (unpaired) electrons. The zero-order chi connectivity index (χ0) is 10.9. The second kappa shape index (κ2) is 3.52. The first kappa shape index (κ1) is 10.9. The molecule has 1 rings (SSSR count). The topological polar surface area (TPSA) is 58.6 Å². The van der Waals surface area contributed by atoms with Crippen molar-refractivity contribution in [3.63, 3.8) is 0 Å². The minimum atomic E-state index is -0.311. The van der Waals surface area contributed by atoms with Crippen LogP contribution in [0.3, 0.4) is 0 Å². The zero-order valence-corrected chi connectivity index (χ0v) is 9.38. The third-order valence-electron chi connectivity index (χ3n) is 1.89. The molecule has 0 fully saturated rings. The average molecular weight is 195 g/mol. The lowest BCUT2D eigenvalue weighted by Crippen LogP contribution is -2.25. The molecule has 14 heavy (non-hydrogen) atoms. The Hall–Kier alpha value is -1.19. The molecule has 78 valence electrons. The van der Waals surface area contributed by atoms with Gasteiger partial charge in [-0.05, 0) is 0 Å². The first-order valence-electron chi connectivity index (χ1n) is 4.79. The molecule has 0 atom stereocenters. The molecule has 0 aromatic carbocycles. The van der Waals surface area contributed by atoms with Crippen LogP contribution < -0.4 is 5.69 Å². The molecule has 4 nitrogen and oxygen atoms in total. The normalized spacial score (nSPS) is 12.1. The summed E-state index contributed by atoms with van der Waals surface area (Å²) in [6, 6.07) is 0. The highest BCUT2D eigenvalue weighted by atomic mass is 16.1. The van der Waals surface area contributed by atoms with Crippen molar-refractivity contribution in [2.45, 2.75) is 46.0 Å². The van der Waals surface area contributed by atoms with E-state index < -0.39 is 0 Å². The number of nitrogens with one attached hydrogen (secondary N) is 1. The molecular weight excluding hydrogens is 178 g/mol. The van der Waals surface area contributed by atoms with Crippen molar-refractivity contribution in [3.8, 4) is 0 Å². The van der Waals surface area contributed by atoms with E-state index in [0.717, 1.165) is 0 Å². The Morgan fingerprint density at radius 3 is 2.21 bits per heavy atom. The van der Waals surface area contributed by atoms with Crippen LogP contribution in [-0.4, -0.2) is 15.0 Å². The van der Waals surface area contributed by atoms with Gasteiger partial charge in [-0.15, -0.1) is 0 Å². The summed E-state index contributed by atoms with van der Waals surface area (Å²) in [6.45, 7) is 9.96. The van der Waals surface area contributed by atoms with Crippen molar-refractivity contribution in [1.82, 2.24) is 15.0 Å². The van der Waals surface area contributed by atoms with Crippen molar-refractivity contribution in [1.29, 1.82) is 0 Å². The van der Waals surface area contributed by atoms with Crippen LogP contribution in [0.2, 0.25) is 0 Å². The molecule has 0 aliphatic carbocycles. The van der Waals surface area contributed by atoms with Gasteiger partial charge in [-0.3, -0.25) is 4.98 Å². The van der Waals surface area contributed by atoms with Gasteiger partial charge >= 0.3 is 5.69 Å². The Morgan fingerprint density at radius 1 is 1.21 bits per heavy atom. The van der Waals surface area contributed by atoms with E-state index in [1.807, 2.05) is 34.6 Å². The number of nitrogens with zero attached hydrogens (tertiary/aromatic N) is 2. The summed E-state index contributed by atoms with van der Waals surface area (Å²) in [4.78, 5) is 22.1. The van der Waals surface area contributed by atoms with E-state index in [0.29, 0.717) is 11.6 Å². The Kier molecular flexibility index (Phi) is 2.73. The molecule has 0 spiro atoms. The number of rotatable bonds is 1. The minimum Gasteiger partial charge on any atom is -0.294 e. The van der Waals surface area contributed by atoms with Crippen LogP contribution in [0.1, 0.15) is 52.2 Å². The third-order valence-corrected chi connectivity index (χ3v) is 1.89.